The molecule has 1 aliphatic rings. The van der Waals surface area contributed by atoms with Crippen LogP contribution in [0.2, 0.25) is 0 Å². The first kappa shape index (κ1) is 13.8. The topological polar surface area (TPSA) is 78.9 Å². The molecule has 6 heteroatoms. The molecule has 2 amide bonds. The van der Waals surface area contributed by atoms with E-state index in [9.17, 15) is 9.59 Å². The Kier molecular flexibility index (Phi) is 4.74. The minimum absolute atomic E-state index is 0.318. The third kappa shape index (κ3) is 4.22. The van der Waals surface area contributed by atoms with Crippen molar-refractivity contribution in [2.75, 3.05) is 19.7 Å². The normalized spacial score (nSPS) is 18.8. The third-order valence-electron chi connectivity index (χ3n) is 3.47. The van der Waals surface area contributed by atoms with Gasteiger partial charge in [0.05, 0.1) is 0 Å². The van der Waals surface area contributed by atoms with Crippen LogP contribution in [-0.4, -0.2) is 41.7 Å². The van der Waals surface area contributed by atoms with Gasteiger partial charge >= 0.3 is 12.0 Å². The Morgan fingerprint density at radius 2 is 2.00 bits per heavy atom. The lowest BCUT2D eigenvalue weighted by atomic mass is 9.78. The van der Waals surface area contributed by atoms with Gasteiger partial charge in [-0.05, 0) is 18.3 Å². The van der Waals surface area contributed by atoms with Gasteiger partial charge in [0.25, 0.3) is 0 Å². The Balaban J connectivity index is 2.28. The Morgan fingerprint density at radius 3 is 2.47 bits per heavy atom. The zero-order valence-electron chi connectivity index (χ0n) is 10.4. The molecule has 1 saturated heterocycles. The number of rotatable bonds is 4. The number of piperidine rings is 1. The molecule has 6 nitrogen and oxygen atoms in total. The number of nitrogens with zero attached hydrogens (tertiary/aromatic N) is 1. The minimum Gasteiger partial charge on any atom is -0.479 e. The Labute approximate surface area is 101 Å². The second-order valence-electron chi connectivity index (χ2n) is 4.74. The number of hydroxylamine groups is 1. The molecule has 1 rings (SSSR count). The van der Waals surface area contributed by atoms with Crippen LogP contribution in [0.5, 0.6) is 0 Å². The lowest BCUT2D eigenvalue weighted by Gasteiger charge is -2.38. The molecule has 0 aromatic carbocycles. The first-order valence-electron chi connectivity index (χ1n) is 5.85. The number of carboxylic acids is 1. The van der Waals surface area contributed by atoms with Gasteiger partial charge < -0.3 is 10.0 Å². The number of nitrogens with one attached hydrogen (secondary N) is 1. The molecule has 0 aliphatic carbocycles. The van der Waals surface area contributed by atoms with Crippen LogP contribution in [0.25, 0.3) is 0 Å². The van der Waals surface area contributed by atoms with Gasteiger partial charge in [0.2, 0.25) is 0 Å². The summed E-state index contributed by atoms with van der Waals surface area (Å²) in [6, 6.07) is -0.357. The molecule has 0 spiro atoms. The van der Waals surface area contributed by atoms with Gasteiger partial charge in [-0.1, -0.05) is 20.3 Å². The van der Waals surface area contributed by atoms with Crippen LogP contribution in [0.4, 0.5) is 4.79 Å². The van der Waals surface area contributed by atoms with E-state index >= 15 is 0 Å². The standard InChI is InChI=1S/C11H20N2O4/c1-3-11(2)4-6-13(7-5-11)10(16)12-17-8-9(14)15/h3-8H2,1-2H3,(H,12,16)(H,14,15). The van der Waals surface area contributed by atoms with Gasteiger partial charge in [0, 0.05) is 13.1 Å². The van der Waals surface area contributed by atoms with Gasteiger partial charge in [-0.3, -0.25) is 4.84 Å². The maximum atomic E-state index is 11.6. The smallest absolute Gasteiger partial charge is 0.341 e. The third-order valence-corrected chi connectivity index (χ3v) is 3.47. The molecular formula is C11H20N2O4. The summed E-state index contributed by atoms with van der Waals surface area (Å²) in [6.07, 6.45) is 3.05. The number of carboxylic acid groups (broad SMARTS) is 1. The van der Waals surface area contributed by atoms with Crippen LogP contribution in [0.3, 0.4) is 0 Å². The van der Waals surface area contributed by atoms with Crippen LogP contribution in [-0.2, 0) is 9.63 Å². The Morgan fingerprint density at radius 1 is 1.41 bits per heavy atom. The first-order valence-corrected chi connectivity index (χ1v) is 5.85. The Hall–Kier alpha value is -1.30. The predicted molar refractivity (Wildman–Crippen MR) is 61.3 cm³/mol. The molecule has 0 atom stereocenters. The fourth-order valence-electron chi connectivity index (χ4n) is 1.83. The van der Waals surface area contributed by atoms with Gasteiger partial charge in [-0.2, -0.15) is 0 Å². The summed E-state index contributed by atoms with van der Waals surface area (Å²) in [5, 5.41) is 8.35. The SMILES string of the molecule is CCC1(C)CCN(C(=O)NOCC(=O)O)CC1. The van der Waals surface area contributed by atoms with E-state index in [0.29, 0.717) is 18.5 Å². The predicted octanol–water partition coefficient (Wildman–Crippen LogP) is 1.22. The molecule has 1 heterocycles. The van der Waals surface area contributed by atoms with E-state index in [-0.39, 0.29) is 6.03 Å². The number of amides is 2. The van der Waals surface area contributed by atoms with Crippen molar-refractivity contribution in [1.29, 1.82) is 0 Å². The van der Waals surface area contributed by atoms with Gasteiger partial charge in [0.1, 0.15) is 0 Å². The summed E-state index contributed by atoms with van der Waals surface area (Å²) in [7, 11) is 0. The van der Waals surface area contributed by atoms with E-state index in [1.54, 1.807) is 4.90 Å². The zero-order chi connectivity index (χ0) is 12.9. The molecule has 0 unspecified atom stereocenters. The molecule has 0 saturated carbocycles. The van der Waals surface area contributed by atoms with E-state index < -0.39 is 12.6 Å². The minimum atomic E-state index is -1.11. The van der Waals surface area contributed by atoms with Crippen LogP contribution < -0.4 is 5.48 Å². The molecule has 0 aromatic heterocycles. The fourth-order valence-corrected chi connectivity index (χ4v) is 1.83. The summed E-state index contributed by atoms with van der Waals surface area (Å²) >= 11 is 0. The van der Waals surface area contributed by atoms with Gasteiger partial charge in [-0.25, -0.2) is 15.1 Å². The summed E-state index contributed by atoms with van der Waals surface area (Å²) in [4.78, 5) is 28.0. The average molecular weight is 244 g/mol. The Bertz CT molecular complexity index is 285. The maximum absolute atomic E-state index is 11.6. The van der Waals surface area contributed by atoms with Crippen molar-refractivity contribution in [1.82, 2.24) is 10.4 Å². The molecule has 0 aromatic rings. The summed E-state index contributed by atoms with van der Waals surface area (Å²) in [6.45, 7) is 5.24. The number of hydrogen-bond donors (Lipinski definition) is 2. The lowest BCUT2D eigenvalue weighted by Crippen LogP contribution is -2.46. The van der Waals surface area contributed by atoms with E-state index in [0.717, 1.165) is 19.3 Å². The second kappa shape index (κ2) is 5.86. The van der Waals surface area contributed by atoms with Crippen LogP contribution >= 0.6 is 0 Å². The summed E-state index contributed by atoms with van der Waals surface area (Å²) < 4.78 is 0. The van der Waals surface area contributed by atoms with E-state index in [1.807, 2.05) is 0 Å². The van der Waals surface area contributed by atoms with Crippen molar-refractivity contribution in [3.63, 3.8) is 0 Å². The first-order chi connectivity index (χ1) is 7.97. The summed E-state index contributed by atoms with van der Waals surface area (Å²) in [5.74, 6) is -1.11. The monoisotopic (exact) mass is 244 g/mol. The van der Waals surface area contributed by atoms with Gasteiger partial charge in [-0.15, -0.1) is 0 Å². The molecule has 0 radical (unpaired) electrons. The number of carbonyl (C=O) groups excluding carboxylic acids is 1. The molecule has 0 bridgehead atoms. The second-order valence-corrected chi connectivity index (χ2v) is 4.74. The van der Waals surface area contributed by atoms with E-state index in [1.165, 1.54) is 0 Å². The van der Waals surface area contributed by atoms with Crippen LogP contribution in [0, 0.1) is 5.41 Å². The zero-order valence-corrected chi connectivity index (χ0v) is 10.4. The highest BCUT2D eigenvalue weighted by Gasteiger charge is 2.30. The van der Waals surface area contributed by atoms with Crippen molar-refractivity contribution < 1.29 is 19.5 Å². The average Bonchev–Trinajstić information content (AvgIpc) is 2.29. The van der Waals surface area contributed by atoms with Crippen molar-refractivity contribution in [3.05, 3.63) is 0 Å². The highest BCUT2D eigenvalue weighted by atomic mass is 16.7. The fraction of sp³-hybridized carbons (Fsp3) is 0.818. The summed E-state index contributed by atoms with van der Waals surface area (Å²) in [5.41, 5.74) is 2.45. The highest BCUT2D eigenvalue weighted by molar-refractivity contribution is 5.73. The van der Waals surface area contributed by atoms with Gasteiger partial charge in [0.15, 0.2) is 6.61 Å². The molecule has 2 N–H and O–H groups in total. The van der Waals surface area contributed by atoms with Crippen molar-refractivity contribution >= 4 is 12.0 Å². The van der Waals surface area contributed by atoms with E-state index in [2.05, 4.69) is 24.2 Å². The maximum Gasteiger partial charge on any atom is 0.341 e. The number of urea groups is 1. The quantitative estimate of drug-likeness (QED) is 0.729. The van der Waals surface area contributed by atoms with Crippen LogP contribution in [0.15, 0.2) is 0 Å². The number of likely N-dealkylation sites (tertiary alicyclic amines) is 1. The molecular weight excluding hydrogens is 224 g/mol. The lowest BCUT2D eigenvalue weighted by molar-refractivity contribution is -0.144. The van der Waals surface area contributed by atoms with Crippen molar-refractivity contribution in [3.8, 4) is 0 Å². The molecule has 1 aliphatic heterocycles. The number of carbonyl (C=O) groups is 2. The highest BCUT2D eigenvalue weighted by Crippen LogP contribution is 2.33. The number of hydrogen-bond acceptors (Lipinski definition) is 3. The number of aliphatic carboxylic acids is 1. The van der Waals surface area contributed by atoms with Crippen molar-refractivity contribution in [2.45, 2.75) is 33.1 Å². The largest absolute Gasteiger partial charge is 0.479 e. The van der Waals surface area contributed by atoms with Crippen LogP contribution in [0.1, 0.15) is 33.1 Å². The van der Waals surface area contributed by atoms with Crippen molar-refractivity contribution in [2.24, 2.45) is 5.41 Å². The molecule has 17 heavy (non-hydrogen) atoms. The van der Waals surface area contributed by atoms with E-state index in [4.69, 9.17) is 5.11 Å². The molecule has 1 fully saturated rings. The molecule has 98 valence electrons.